The summed E-state index contributed by atoms with van der Waals surface area (Å²) < 4.78 is 5.80. The SMILES string of the molecule is CCCNCc1ccc(Oc2ccccc2CO)cc1. The van der Waals surface area contributed by atoms with Gasteiger partial charge in [0.1, 0.15) is 11.5 Å². The molecule has 2 N–H and O–H groups in total. The van der Waals surface area contributed by atoms with Gasteiger partial charge in [0, 0.05) is 12.1 Å². The van der Waals surface area contributed by atoms with E-state index in [-0.39, 0.29) is 6.61 Å². The number of aliphatic hydroxyl groups is 1. The van der Waals surface area contributed by atoms with Gasteiger partial charge < -0.3 is 15.2 Å². The molecule has 106 valence electrons. The van der Waals surface area contributed by atoms with E-state index < -0.39 is 0 Å². The number of hydrogen-bond donors (Lipinski definition) is 2. The minimum Gasteiger partial charge on any atom is -0.457 e. The molecule has 2 aromatic rings. The van der Waals surface area contributed by atoms with Gasteiger partial charge in [-0.2, -0.15) is 0 Å². The Morgan fingerprint density at radius 2 is 1.80 bits per heavy atom. The summed E-state index contributed by atoms with van der Waals surface area (Å²) in [5.41, 5.74) is 2.03. The molecule has 0 spiro atoms. The molecule has 0 aliphatic heterocycles. The summed E-state index contributed by atoms with van der Waals surface area (Å²) in [4.78, 5) is 0. The molecule has 0 aliphatic carbocycles. The van der Waals surface area contributed by atoms with Crippen molar-refractivity contribution in [3.05, 3.63) is 59.7 Å². The van der Waals surface area contributed by atoms with E-state index in [1.54, 1.807) is 0 Å². The van der Waals surface area contributed by atoms with Crippen molar-refractivity contribution >= 4 is 0 Å². The largest absolute Gasteiger partial charge is 0.457 e. The lowest BCUT2D eigenvalue weighted by atomic mass is 10.2. The summed E-state index contributed by atoms with van der Waals surface area (Å²) in [6.45, 7) is 4.04. The van der Waals surface area contributed by atoms with E-state index in [2.05, 4.69) is 24.4 Å². The maximum Gasteiger partial charge on any atom is 0.132 e. The molecule has 0 fully saturated rings. The van der Waals surface area contributed by atoms with Crippen LogP contribution in [0.3, 0.4) is 0 Å². The molecule has 0 aliphatic rings. The van der Waals surface area contributed by atoms with Gasteiger partial charge in [-0.1, -0.05) is 37.3 Å². The molecular formula is C17H21NO2. The Hall–Kier alpha value is -1.84. The quantitative estimate of drug-likeness (QED) is 0.758. The van der Waals surface area contributed by atoms with Gasteiger partial charge in [-0.25, -0.2) is 0 Å². The van der Waals surface area contributed by atoms with Crippen LogP contribution in [0.4, 0.5) is 0 Å². The fourth-order valence-electron chi connectivity index (χ4n) is 1.95. The van der Waals surface area contributed by atoms with Gasteiger partial charge in [0.2, 0.25) is 0 Å². The fourth-order valence-corrected chi connectivity index (χ4v) is 1.95. The smallest absolute Gasteiger partial charge is 0.132 e. The van der Waals surface area contributed by atoms with Crippen molar-refractivity contribution in [2.45, 2.75) is 26.5 Å². The number of nitrogens with one attached hydrogen (secondary N) is 1. The predicted octanol–water partition coefficient (Wildman–Crippen LogP) is 3.47. The van der Waals surface area contributed by atoms with E-state index in [0.29, 0.717) is 5.75 Å². The predicted molar refractivity (Wildman–Crippen MR) is 80.9 cm³/mol. The van der Waals surface area contributed by atoms with E-state index in [1.807, 2.05) is 36.4 Å². The van der Waals surface area contributed by atoms with Crippen molar-refractivity contribution in [2.24, 2.45) is 0 Å². The molecule has 3 heteroatoms. The first-order chi connectivity index (χ1) is 9.83. The third kappa shape index (κ3) is 4.08. The van der Waals surface area contributed by atoms with E-state index in [4.69, 9.17) is 4.74 Å². The number of rotatable bonds is 7. The van der Waals surface area contributed by atoms with E-state index in [1.165, 1.54) is 5.56 Å². The highest BCUT2D eigenvalue weighted by Gasteiger charge is 2.03. The average Bonchev–Trinajstić information content (AvgIpc) is 2.50. The third-order valence-electron chi connectivity index (χ3n) is 3.05. The van der Waals surface area contributed by atoms with Crippen LogP contribution >= 0.6 is 0 Å². The summed E-state index contributed by atoms with van der Waals surface area (Å²) in [6.07, 6.45) is 1.14. The standard InChI is InChI=1S/C17H21NO2/c1-2-11-18-12-14-7-9-16(10-8-14)20-17-6-4-3-5-15(17)13-19/h3-10,18-19H,2,11-13H2,1H3. The lowest BCUT2D eigenvalue weighted by molar-refractivity contribution is 0.276. The van der Waals surface area contributed by atoms with Gasteiger partial charge in [-0.05, 0) is 36.7 Å². The van der Waals surface area contributed by atoms with Crippen LogP contribution in [0.25, 0.3) is 0 Å². The summed E-state index contributed by atoms with van der Waals surface area (Å²) in [6, 6.07) is 15.5. The molecule has 0 unspecified atom stereocenters. The van der Waals surface area contributed by atoms with Gasteiger partial charge in [-0.3, -0.25) is 0 Å². The first kappa shape index (κ1) is 14.6. The number of para-hydroxylation sites is 1. The topological polar surface area (TPSA) is 41.5 Å². The first-order valence-electron chi connectivity index (χ1n) is 6.99. The second-order valence-electron chi connectivity index (χ2n) is 4.69. The van der Waals surface area contributed by atoms with Crippen molar-refractivity contribution in [3.63, 3.8) is 0 Å². The van der Waals surface area contributed by atoms with Crippen molar-refractivity contribution in [3.8, 4) is 11.5 Å². The molecule has 0 aromatic heterocycles. The van der Waals surface area contributed by atoms with Crippen LogP contribution in [-0.4, -0.2) is 11.7 Å². The zero-order valence-corrected chi connectivity index (χ0v) is 11.8. The zero-order valence-electron chi connectivity index (χ0n) is 11.8. The van der Waals surface area contributed by atoms with Crippen LogP contribution in [0.15, 0.2) is 48.5 Å². The minimum atomic E-state index is -0.0187. The van der Waals surface area contributed by atoms with Gasteiger partial charge in [0.25, 0.3) is 0 Å². The van der Waals surface area contributed by atoms with Crippen LogP contribution in [0.2, 0.25) is 0 Å². The Bertz CT molecular complexity index is 523. The summed E-state index contributed by atoms with van der Waals surface area (Å²) in [7, 11) is 0. The molecule has 2 rings (SSSR count). The Morgan fingerprint density at radius 1 is 1.05 bits per heavy atom. The van der Waals surface area contributed by atoms with Crippen LogP contribution in [0, 0.1) is 0 Å². The number of hydrogen-bond acceptors (Lipinski definition) is 3. The Labute approximate surface area is 120 Å². The molecule has 20 heavy (non-hydrogen) atoms. The molecule has 0 saturated heterocycles. The average molecular weight is 271 g/mol. The Morgan fingerprint density at radius 3 is 2.50 bits per heavy atom. The van der Waals surface area contributed by atoms with Gasteiger partial charge >= 0.3 is 0 Å². The molecule has 0 radical (unpaired) electrons. The Balaban J connectivity index is 1.99. The van der Waals surface area contributed by atoms with Crippen LogP contribution in [0.5, 0.6) is 11.5 Å². The molecule has 0 bridgehead atoms. The molecule has 2 aromatic carbocycles. The van der Waals surface area contributed by atoms with Crippen LogP contribution in [-0.2, 0) is 13.2 Å². The van der Waals surface area contributed by atoms with E-state index in [0.717, 1.165) is 30.8 Å². The second kappa shape index (κ2) is 7.68. The molecule has 0 saturated carbocycles. The number of aliphatic hydroxyl groups excluding tert-OH is 1. The van der Waals surface area contributed by atoms with Crippen molar-refractivity contribution in [1.29, 1.82) is 0 Å². The minimum absolute atomic E-state index is 0.0187. The van der Waals surface area contributed by atoms with Crippen molar-refractivity contribution < 1.29 is 9.84 Å². The lowest BCUT2D eigenvalue weighted by Crippen LogP contribution is -2.13. The molecule has 0 heterocycles. The van der Waals surface area contributed by atoms with Crippen molar-refractivity contribution in [1.82, 2.24) is 5.32 Å². The fraction of sp³-hybridized carbons (Fsp3) is 0.294. The van der Waals surface area contributed by atoms with Crippen molar-refractivity contribution in [2.75, 3.05) is 6.54 Å². The maximum atomic E-state index is 9.27. The number of benzene rings is 2. The van der Waals surface area contributed by atoms with Gasteiger partial charge in [-0.15, -0.1) is 0 Å². The van der Waals surface area contributed by atoms with Gasteiger partial charge in [0.05, 0.1) is 6.61 Å². The number of ether oxygens (including phenoxy) is 1. The first-order valence-corrected chi connectivity index (χ1v) is 6.99. The van der Waals surface area contributed by atoms with Crippen LogP contribution in [0.1, 0.15) is 24.5 Å². The van der Waals surface area contributed by atoms with Gasteiger partial charge in [0.15, 0.2) is 0 Å². The zero-order chi connectivity index (χ0) is 14.2. The van der Waals surface area contributed by atoms with Crippen LogP contribution < -0.4 is 10.1 Å². The highest BCUT2D eigenvalue weighted by molar-refractivity contribution is 5.38. The second-order valence-corrected chi connectivity index (χ2v) is 4.69. The van der Waals surface area contributed by atoms with E-state index >= 15 is 0 Å². The molecular weight excluding hydrogens is 250 g/mol. The molecule has 3 nitrogen and oxygen atoms in total. The third-order valence-corrected chi connectivity index (χ3v) is 3.05. The lowest BCUT2D eigenvalue weighted by Gasteiger charge is -2.10. The summed E-state index contributed by atoms with van der Waals surface area (Å²) in [5.74, 6) is 1.48. The molecule has 0 amide bonds. The molecule has 0 atom stereocenters. The Kier molecular flexibility index (Phi) is 5.59. The summed E-state index contributed by atoms with van der Waals surface area (Å²) >= 11 is 0. The highest BCUT2D eigenvalue weighted by atomic mass is 16.5. The highest BCUT2D eigenvalue weighted by Crippen LogP contribution is 2.25. The summed E-state index contributed by atoms with van der Waals surface area (Å²) in [5, 5.41) is 12.6. The maximum absolute atomic E-state index is 9.27. The van der Waals surface area contributed by atoms with E-state index in [9.17, 15) is 5.11 Å². The monoisotopic (exact) mass is 271 g/mol. The normalized spacial score (nSPS) is 10.5.